The number of nitrogens with one attached hydrogen (secondary N) is 1. The van der Waals surface area contributed by atoms with Gasteiger partial charge in [-0.2, -0.15) is 0 Å². The van der Waals surface area contributed by atoms with Crippen LogP contribution in [0.5, 0.6) is 0 Å². The van der Waals surface area contributed by atoms with Crippen molar-refractivity contribution in [2.45, 2.75) is 31.7 Å². The zero-order valence-corrected chi connectivity index (χ0v) is 17.0. The summed E-state index contributed by atoms with van der Waals surface area (Å²) in [5.41, 5.74) is 1.94. The molecule has 1 fully saturated rings. The molecule has 3 aromatic rings. The highest BCUT2D eigenvalue weighted by Gasteiger charge is 2.54. The average Bonchev–Trinajstić information content (AvgIpc) is 3.30. The Balaban J connectivity index is 1.33. The van der Waals surface area contributed by atoms with Gasteiger partial charge in [0.2, 0.25) is 5.89 Å². The van der Waals surface area contributed by atoms with Gasteiger partial charge in [0, 0.05) is 20.0 Å². The van der Waals surface area contributed by atoms with E-state index in [1.165, 1.54) is 0 Å². The van der Waals surface area contributed by atoms with E-state index in [9.17, 15) is 9.59 Å². The molecule has 0 radical (unpaired) electrons. The third-order valence-corrected chi connectivity index (χ3v) is 5.99. The molecule has 2 amide bonds. The fourth-order valence-corrected chi connectivity index (χ4v) is 4.22. The topological polar surface area (TPSA) is 106 Å². The van der Waals surface area contributed by atoms with Gasteiger partial charge < -0.3 is 14.3 Å². The van der Waals surface area contributed by atoms with Crippen LogP contribution in [0.3, 0.4) is 0 Å². The maximum absolute atomic E-state index is 13.1. The maximum Gasteiger partial charge on any atom is 0.309 e. The maximum atomic E-state index is 13.1. The first-order valence-corrected chi connectivity index (χ1v) is 9.92. The fraction of sp³-hybridized carbons (Fsp3) is 0.381. The van der Waals surface area contributed by atoms with Gasteiger partial charge in [-0.25, -0.2) is 4.98 Å². The first-order chi connectivity index (χ1) is 14.4. The first kappa shape index (κ1) is 18.5. The van der Waals surface area contributed by atoms with Crippen molar-refractivity contribution in [2.24, 2.45) is 13.0 Å². The second kappa shape index (κ2) is 6.79. The van der Waals surface area contributed by atoms with Crippen LogP contribution in [-0.4, -0.2) is 44.7 Å². The number of imidazole rings is 1. The third kappa shape index (κ3) is 2.97. The highest BCUT2D eigenvalue weighted by atomic mass is 16.4. The summed E-state index contributed by atoms with van der Waals surface area (Å²) >= 11 is 0. The molecule has 1 aliphatic heterocycles. The summed E-state index contributed by atoms with van der Waals surface area (Å²) in [6, 6.07) is 9.03. The summed E-state index contributed by atoms with van der Waals surface area (Å²) in [6.45, 7) is 1.92. The predicted octanol–water partition coefficient (Wildman–Crippen LogP) is 1.58. The van der Waals surface area contributed by atoms with Crippen LogP contribution in [0, 0.1) is 12.8 Å². The fourth-order valence-electron chi connectivity index (χ4n) is 4.22. The monoisotopic (exact) mass is 406 g/mol. The van der Waals surface area contributed by atoms with E-state index in [0.29, 0.717) is 12.3 Å². The molecule has 1 N–H and O–H groups in total. The van der Waals surface area contributed by atoms with E-state index in [4.69, 9.17) is 4.42 Å². The normalized spacial score (nSPS) is 22.3. The molecule has 1 saturated carbocycles. The highest BCUT2D eigenvalue weighted by Crippen LogP contribution is 2.54. The molecule has 9 nitrogen and oxygen atoms in total. The Morgan fingerprint density at radius 3 is 2.77 bits per heavy atom. The number of hydrogen-bond donors (Lipinski definition) is 1. The molecule has 0 spiro atoms. The molecule has 2 aromatic heterocycles. The van der Waals surface area contributed by atoms with Gasteiger partial charge in [0.05, 0.1) is 12.1 Å². The molecule has 2 aliphatic rings. The lowest BCUT2D eigenvalue weighted by Crippen LogP contribution is -2.48. The Hall–Kier alpha value is -3.49. The molecule has 1 aliphatic carbocycles. The van der Waals surface area contributed by atoms with Gasteiger partial charge in [-0.3, -0.25) is 14.5 Å². The molecule has 5 rings (SSSR count). The van der Waals surface area contributed by atoms with Gasteiger partial charge in [-0.1, -0.05) is 30.3 Å². The molecule has 154 valence electrons. The highest BCUT2D eigenvalue weighted by molar-refractivity contribution is 6.02. The minimum Gasteiger partial charge on any atom is -0.417 e. The van der Waals surface area contributed by atoms with Gasteiger partial charge in [-0.15, -0.1) is 10.2 Å². The quantitative estimate of drug-likeness (QED) is 0.705. The molecule has 3 heterocycles. The zero-order chi connectivity index (χ0) is 21.0. The Morgan fingerprint density at radius 2 is 2.00 bits per heavy atom. The molecule has 3 atom stereocenters. The summed E-state index contributed by atoms with van der Waals surface area (Å²) in [7, 11) is 3.62. The Kier molecular flexibility index (Phi) is 4.19. The molecule has 0 unspecified atom stereocenters. The number of benzene rings is 1. The standard InChI is InChI=1S/C21H22N6O3/c1-11-22-16-13-10-14(13)17(21(29)27(3)20(16)26(11)2)23-18(28)19-25-24-15(30-19)9-12-7-5-4-6-8-12/h4-8,13-14,17H,9-10H2,1-3H3,(H,23,28)/t13-,14+,17+/m1/s1. The van der Waals surface area contributed by atoms with Gasteiger partial charge in [0.1, 0.15) is 17.7 Å². The predicted molar refractivity (Wildman–Crippen MR) is 107 cm³/mol. The Morgan fingerprint density at radius 1 is 1.23 bits per heavy atom. The second-order valence-corrected chi connectivity index (χ2v) is 7.94. The minimum atomic E-state index is -0.647. The zero-order valence-electron chi connectivity index (χ0n) is 17.0. The van der Waals surface area contributed by atoms with Crippen molar-refractivity contribution in [3.8, 4) is 0 Å². The lowest BCUT2D eigenvalue weighted by Gasteiger charge is -2.23. The van der Waals surface area contributed by atoms with Gasteiger partial charge >= 0.3 is 11.8 Å². The van der Waals surface area contributed by atoms with Crippen LogP contribution in [0.25, 0.3) is 0 Å². The van der Waals surface area contributed by atoms with Crippen molar-refractivity contribution in [1.29, 1.82) is 0 Å². The summed E-state index contributed by atoms with van der Waals surface area (Å²) in [5.74, 6) is 1.36. The average molecular weight is 406 g/mol. The summed E-state index contributed by atoms with van der Waals surface area (Å²) in [5, 5.41) is 10.7. The number of likely N-dealkylation sites (N-methyl/N-ethyl adjacent to an activating group) is 1. The second-order valence-electron chi connectivity index (χ2n) is 7.94. The molecular weight excluding hydrogens is 384 g/mol. The number of nitrogens with zero attached hydrogens (tertiary/aromatic N) is 5. The molecular formula is C21H22N6O3. The van der Waals surface area contributed by atoms with Crippen LogP contribution in [0.1, 0.15) is 46.0 Å². The first-order valence-electron chi connectivity index (χ1n) is 9.92. The number of rotatable bonds is 4. The van der Waals surface area contributed by atoms with Gasteiger partial charge in [0.15, 0.2) is 0 Å². The SMILES string of the molecule is Cc1nc2c(n1C)N(C)C(=O)[C@@H](NC(=O)c1nnc(Cc3ccccc3)o1)[C@H]1C[C@@H]21. The molecule has 30 heavy (non-hydrogen) atoms. The largest absolute Gasteiger partial charge is 0.417 e. The van der Waals surface area contributed by atoms with Gasteiger partial charge in [-0.05, 0) is 24.8 Å². The van der Waals surface area contributed by atoms with Crippen LogP contribution in [0.15, 0.2) is 34.7 Å². The van der Waals surface area contributed by atoms with Crippen molar-refractivity contribution < 1.29 is 14.0 Å². The van der Waals surface area contributed by atoms with E-state index < -0.39 is 11.9 Å². The number of amides is 2. The van der Waals surface area contributed by atoms with Crippen molar-refractivity contribution in [1.82, 2.24) is 25.1 Å². The third-order valence-electron chi connectivity index (χ3n) is 5.99. The van der Waals surface area contributed by atoms with Crippen LogP contribution in [-0.2, 0) is 18.3 Å². The van der Waals surface area contributed by atoms with Crippen LogP contribution in [0.2, 0.25) is 0 Å². The number of aryl methyl sites for hydroxylation is 1. The number of carbonyl (C=O) groups excluding carboxylic acids is 2. The van der Waals surface area contributed by atoms with Crippen LogP contribution < -0.4 is 10.2 Å². The summed E-state index contributed by atoms with van der Waals surface area (Å²) in [4.78, 5) is 32.1. The van der Waals surface area contributed by atoms with E-state index in [0.717, 1.165) is 29.3 Å². The minimum absolute atomic E-state index is 0.0196. The molecule has 0 saturated heterocycles. The summed E-state index contributed by atoms with van der Waals surface area (Å²) in [6.07, 6.45) is 1.26. The van der Waals surface area contributed by atoms with Crippen molar-refractivity contribution in [3.05, 3.63) is 59.2 Å². The van der Waals surface area contributed by atoms with Crippen molar-refractivity contribution in [2.75, 3.05) is 11.9 Å². The smallest absolute Gasteiger partial charge is 0.309 e. The number of fused-ring (bicyclic) bond motifs is 3. The van der Waals surface area contributed by atoms with Crippen LogP contribution in [0.4, 0.5) is 5.82 Å². The number of aromatic nitrogens is 4. The van der Waals surface area contributed by atoms with E-state index in [1.807, 2.05) is 48.9 Å². The molecule has 1 aromatic carbocycles. The lowest BCUT2D eigenvalue weighted by molar-refractivity contribution is -0.120. The number of carbonyl (C=O) groups is 2. The Bertz CT molecular complexity index is 1140. The van der Waals surface area contributed by atoms with Crippen molar-refractivity contribution >= 4 is 17.6 Å². The van der Waals surface area contributed by atoms with E-state index in [-0.39, 0.29) is 23.6 Å². The van der Waals surface area contributed by atoms with Gasteiger partial charge in [0.25, 0.3) is 5.91 Å². The molecule has 0 bridgehead atoms. The number of hydrogen-bond acceptors (Lipinski definition) is 6. The van der Waals surface area contributed by atoms with E-state index in [1.54, 1.807) is 11.9 Å². The lowest BCUT2D eigenvalue weighted by atomic mass is 10.1. The van der Waals surface area contributed by atoms with Crippen molar-refractivity contribution in [3.63, 3.8) is 0 Å². The van der Waals surface area contributed by atoms with E-state index in [2.05, 4.69) is 20.5 Å². The number of anilines is 1. The van der Waals surface area contributed by atoms with E-state index >= 15 is 0 Å². The van der Waals surface area contributed by atoms with Crippen LogP contribution >= 0.6 is 0 Å². The molecule has 9 heteroatoms. The summed E-state index contributed by atoms with van der Waals surface area (Å²) < 4.78 is 7.46. The Labute approximate surface area is 173 Å².